The van der Waals surface area contributed by atoms with Gasteiger partial charge in [0.25, 0.3) is 0 Å². The van der Waals surface area contributed by atoms with Gasteiger partial charge in [0.1, 0.15) is 5.75 Å². The monoisotopic (exact) mass is 568 g/mol. The Morgan fingerprint density at radius 1 is 1.00 bits per heavy atom. The SMILES string of the molecule is O=C(NNC1=CC2(CCN(CC=Cc3ccc(Cl)cc3)CC2)c2ccccc21)Nc1ccc(OC(F)(F)F)cc1. The summed E-state index contributed by atoms with van der Waals surface area (Å²) in [6.45, 7) is 2.73. The zero-order valence-electron chi connectivity index (χ0n) is 21.5. The average Bonchev–Trinajstić information content (AvgIpc) is 3.23. The van der Waals surface area contributed by atoms with Crippen molar-refractivity contribution in [1.29, 1.82) is 0 Å². The molecule has 3 aromatic rings. The number of alkyl halides is 3. The van der Waals surface area contributed by atoms with Gasteiger partial charge in [0, 0.05) is 28.2 Å². The van der Waals surface area contributed by atoms with Gasteiger partial charge in [-0.2, -0.15) is 0 Å². The molecule has 1 spiro atoms. The standard InChI is InChI=1S/C30H28ClF3N4O2/c31-22-9-7-21(8-10-22)4-3-17-38-18-15-29(16-19-38)20-27(25-5-1-2-6-26(25)29)36-37-28(39)35-23-11-13-24(14-12-23)40-30(32,33)34/h1-14,20,36H,15-19H2,(H2,35,37,39). The number of nitrogens with zero attached hydrogens (tertiary/aromatic N) is 1. The van der Waals surface area contributed by atoms with Gasteiger partial charge in [0.15, 0.2) is 0 Å². The maximum absolute atomic E-state index is 12.5. The highest BCUT2D eigenvalue weighted by Crippen LogP contribution is 2.46. The number of rotatable bonds is 7. The molecule has 1 fully saturated rings. The first-order chi connectivity index (χ1) is 19.2. The van der Waals surface area contributed by atoms with Crippen LogP contribution >= 0.6 is 11.6 Å². The average molecular weight is 569 g/mol. The predicted octanol–water partition coefficient (Wildman–Crippen LogP) is 6.97. The number of benzene rings is 3. The van der Waals surface area contributed by atoms with Gasteiger partial charge < -0.3 is 10.1 Å². The minimum absolute atomic E-state index is 0.123. The van der Waals surface area contributed by atoms with Crippen molar-refractivity contribution in [2.45, 2.75) is 24.6 Å². The molecule has 0 atom stereocenters. The van der Waals surface area contributed by atoms with Gasteiger partial charge in [-0.25, -0.2) is 4.79 Å². The third-order valence-corrected chi connectivity index (χ3v) is 7.37. The number of nitrogens with one attached hydrogen (secondary N) is 3. The molecule has 1 aliphatic heterocycles. The third-order valence-electron chi connectivity index (χ3n) is 7.12. The lowest BCUT2D eigenvalue weighted by Gasteiger charge is -2.38. The second-order valence-corrected chi connectivity index (χ2v) is 10.2. The second kappa shape index (κ2) is 11.7. The summed E-state index contributed by atoms with van der Waals surface area (Å²) in [5.74, 6) is -0.363. The third kappa shape index (κ3) is 6.78. The van der Waals surface area contributed by atoms with E-state index in [0.717, 1.165) is 66.5 Å². The summed E-state index contributed by atoms with van der Waals surface area (Å²) < 4.78 is 40.9. The zero-order valence-corrected chi connectivity index (χ0v) is 22.2. The number of urea groups is 1. The molecule has 0 saturated carbocycles. The van der Waals surface area contributed by atoms with Crippen molar-refractivity contribution < 1.29 is 22.7 Å². The highest BCUT2D eigenvalue weighted by molar-refractivity contribution is 6.30. The van der Waals surface area contributed by atoms with Gasteiger partial charge in [-0.05, 0) is 79.5 Å². The summed E-state index contributed by atoms with van der Waals surface area (Å²) in [4.78, 5) is 14.9. The quantitative estimate of drug-likeness (QED) is 0.269. The lowest BCUT2D eigenvalue weighted by Crippen LogP contribution is -2.41. The van der Waals surface area contributed by atoms with Crippen LogP contribution in [0.4, 0.5) is 23.7 Å². The Kier molecular flexibility index (Phi) is 8.04. The van der Waals surface area contributed by atoms with Crippen molar-refractivity contribution in [3.05, 3.63) is 107 Å². The Labute approximate surface area is 235 Å². The molecule has 1 saturated heterocycles. The van der Waals surface area contributed by atoms with E-state index in [2.05, 4.69) is 50.1 Å². The summed E-state index contributed by atoms with van der Waals surface area (Å²) in [5.41, 5.74) is 10.1. The van der Waals surface area contributed by atoms with Gasteiger partial charge >= 0.3 is 12.4 Å². The number of carbonyl (C=O) groups excluding carboxylic acids is 1. The first-order valence-corrected chi connectivity index (χ1v) is 13.2. The van der Waals surface area contributed by atoms with Crippen LogP contribution in [0, 0.1) is 0 Å². The number of halogens is 4. The van der Waals surface area contributed by atoms with Crippen molar-refractivity contribution in [1.82, 2.24) is 15.8 Å². The number of fused-ring (bicyclic) bond motifs is 2. The number of piperidine rings is 1. The Bertz CT molecular complexity index is 1400. The molecule has 0 bridgehead atoms. The lowest BCUT2D eigenvalue weighted by atomic mass is 9.74. The van der Waals surface area contributed by atoms with Crippen molar-refractivity contribution in [3.8, 4) is 5.75 Å². The Balaban J connectivity index is 1.17. The van der Waals surface area contributed by atoms with E-state index < -0.39 is 12.4 Å². The zero-order chi connectivity index (χ0) is 28.2. The molecule has 208 valence electrons. The molecule has 5 rings (SSSR count). The van der Waals surface area contributed by atoms with Crippen LogP contribution in [0.2, 0.25) is 5.02 Å². The molecule has 3 aromatic carbocycles. The van der Waals surface area contributed by atoms with Crippen LogP contribution < -0.4 is 20.9 Å². The predicted molar refractivity (Wildman–Crippen MR) is 151 cm³/mol. The van der Waals surface area contributed by atoms with E-state index in [9.17, 15) is 18.0 Å². The summed E-state index contributed by atoms with van der Waals surface area (Å²) >= 11 is 5.96. The van der Waals surface area contributed by atoms with Crippen LogP contribution in [-0.2, 0) is 5.41 Å². The van der Waals surface area contributed by atoms with E-state index in [4.69, 9.17) is 11.6 Å². The fraction of sp³-hybridized carbons (Fsp3) is 0.233. The largest absolute Gasteiger partial charge is 0.573 e. The molecule has 3 N–H and O–H groups in total. The second-order valence-electron chi connectivity index (χ2n) is 9.79. The van der Waals surface area contributed by atoms with E-state index in [0.29, 0.717) is 5.69 Å². The van der Waals surface area contributed by atoms with Gasteiger partial charge in [0.2, 0.25) is 0 Å². The summed E-state index contributed by atoms with van der Waals surface area (Å²) in [6, 6.07) is 20.3. The molecule has 6 nitrogen and oxygen atoms in total. The van der Waals surface area contributed by atoms with E-state index in [1.807, 2.05) is 42.5 Å². The van der Waals surface area contributed by atoms with Crippen LogP contribution in [0.15, 0.2) is 84.9 Å². The number of anilines is 1. The number of likely N-dealkylation sites (tertiary alicyclic amines) is 1. The fourth-order valence-corrected chi connectivity index (χ4v) is 5.30. The van der Waals surface area contributed by atoms with Crippen LogP contribution in [0.1, 0.15) is 29.5 Å². The van der Waals surface area contributed by atoms with Crippen molar-refractivity contribution >= 4 is 35.1 Å². The highest BCUT2D eigenvalue weighted by Gasteiger charge is 2.40. The number of amides is 2. The first-order valence-electron chi connectivity index (χ1n) is 12.9. The Hall–Kier alpha value is -3.95. The number of ether oxygens (including phenoxy) is 1. The van der Waals surface area contributed by atoms with Crippen LogP contribution in [0.25, 0.3) is 11.8 Å². The van der Waals surface area contributed by atoms with Crippen LogP contribution in [0.3, 0.4) is 0 Å². The van der Waals surface area contributed by atoms with Gasteiger partial charge in [-0.1, -0.05) is 60.2 Å². The maximum atomic E-state index is 12.5. The van der Waals surface area contributed by atoms with Crippen molar-refractivity contribution in [2.75, 3.05) is 25.0 Å². The van der Waals surface area contributed by atoms with Crippen LogP contribution in [-0.4, -0.2) is 36.9 Å². The molecular weight excluding hydrogens is 541 g/mol. The number of hydrogen-bond acceptors (Lipinski definition) is 4. The molecule has 0 aromatic heterocycles. The molecule has 1 heterocycles. The minimum atomic E-state index is -4.77. The normalized spacial score (nSPS) is 16.4. The molecule has 1 aliphatic carbocycles. The molecule has 0 radical (unpaired) electrons. The van der Waals surface area contributed by atoms with Crippen molar-refractivity contribution in [3.63, 3.8) is 0 Å². The maximum Gasteiger partial charge on any atom is 0.573 e. The number of allylic oxidation sites excluding steroid dienone is 1. The van der Waals surface area contributed by atoms with E-state index >= 15 is 0 Å². The summed E-state index contributed by atoms with van der Waals surface area (Å²) in [5, 5.41) is 3.32. The molecular formula is C30H28ClF3N4O2. The Morgan fingerprint density at radius 2 is 1.70 bits per heavy atom. The van der Waals surface area contributed by atoms with Gasteiger partial charge in [-0.3, -0.25) is 15.8 Å². The van der Waals surface area contributed by atoms with E-state index in [-0.39, 0.29) is 11.2 Å². The summed E-state index contributed by atoms with van der Waals surface area (Å²) in [7, 11) is 0. The molecule has 0 unspecified atom stereocenters. The smallest absolute Gasteiger partial charge is 0.406 e. The number of hydrogen-bond donors (Lipinski definition) is 3. The lowest BCUT2D eigenvalue weighted by molar-refractivity contribution is -0.274. The van der Waals surface area contributed by atoms with Gasteiger partial charge in [-0.15, -0.1) is 13.2 Å². The summed E-state index contributed by atoms with van der Waals surface area (Å²) in [6.07, 6.45) is 3.60. The number of carbonyl (C=O) groups is 1. The molecule has 40 heavy (non-hydrogen) atoms. The fourth-order valence-electron chi connectivity index (χ4n) is 5.17. The van der Waals surface area contributed by atoms with Crippen LogP contribution in [0.5, 0.6) is 5.75 Å². The van der Waals surface area contributed by atoms with Gasteiger partial charge in [0.05, 0.1) is 5.70 Å². The molecule has 2 amide bonds. The Morgan fingerprint density at radius 3 is 2.40 bits per heavy atom. The highest BCUT2D eigenvalue weighted by atomic mass is 35.5. The number of hydrazine groups is 1. The van der Waals surface area contributed by atoms with E-state index in [1.165, 1.54) is 17.7 Å². The minimum Gasteiger partial charge on any atom is -0.406 e. The first kappa shape index (κ1) is 27.6. The molecule has 10 heteroatoms. The topological polar surface area (TPSA) is 65.6 Å². The molecule has 2 aliphatic rings. The van der Waals surface area contributed by atoms with Crippen molar-refractivity contribution in [2.24, 2.45) is 0 Å². The van der Waals surface area contributed by atoms with E-state index in [1.54, 1.807) is 0 Å².